The van der Waals surface area contributed by atoms with Crippen molar-refractivity contribution in [2.24, 2.45) is 5.41 Å². The first kappa shape index (κ1) is 17.8. The monoisotopic (exact) mass is 385 g/mol. The lowest BCUT2D eigenvalue weighted by Crippen LogP contribution is -2.24. The maximum Gasteiger partial charge on any atom is 0.235 e. The van der Waals surface area contributed by atoms with Gasteiger partial charge in [-0.3, -0.25) is 4.98 Å². The predicted octanol–water partition coefficient (Wildman–Crippen LogP) is 4.28. The molecule has 5 rings (SSSR count). The smallest absolute Gasteiger partial charge is 0.235 e. The minimum absolute atomic E-state index is 0.207. The van der Waals surface area contributed by atoms with Gasteiger partial charge in [0.15, 0.2) is 11.5 Å². The molecule has 1 aliphatic carbocycles. The van der Waals surface area contributed by atoms with Gasteiger partial charge in [0.1, 0.15) is 6.61 Å². The number of hydrogen-bond acceptors (Lipinski definition) is 5. The summed E-state index contributed by atoms with van der Waals surface area (Å²) in [6, 6.07) is 15.9. The summed E-state index contributed by atoms with van der Waals surface area (Å²) in [6.07, 6.45) is 4.74. The Morgan fingerprint density at radius 3 is 2.62 bits per heavy atom. The molecular weight excluding hydrogens is 362 g/mol. The molecule has 0 saturated carbocycles. The van der Waals surface area contributed by atoms with Gasteiger partial charge in [-0.1, -0.05) is 50.2 Å². The number of ether oxygens (including phenoxy) is 1. The van der Waals surface area contributed by atoms with E-state index in [0.717, 1.165) is 47.6 Å². The second kappa shape index (κ2) is 6.95. The molecule has 0 amide bonds. The molecule has 6 nitrogen and oxygen atoms in total. The third kappa shape index (κ3) is 3.35. The summed E-state index contributed by atoms with van der Waals surface area (Å²) in [6.45, 7) is 4.97. The number of nitrogens with zero attached hydrogens (tertiary/aromatic N) is 5. The van der Waals surface area contributed by atoms with E-state index in [9.17, 15) is 0 Å². The van der Waals surface area contributed by atoms with E-state index < -0.39 is 0 Å². The van der Waals surface area contributed by atoms with E-state index in [4.69, 9.17) is 9.84 Å². The molecule has 3 heterocycles. The summed E-state index contributed by atoms with van der Waals surface area (Å²) in [5, 5.41) is 13.8. The molecule has 3 aromatic heterocycles. The van der Waals surface area contributed by atoms with Gasteiger partial charge in [0.05, 0.1) is 5.69 Å². The topological polar surface area (TPSA) is 65.2 Å². The van der Waals surface area contributed by atoms with Crippen LogP contribution < -0.4 is 4.74 Å². The minimum atomic E-state index is 0.207. The molecule has 0 atom stereocenters. The standard InChI is InChI=1S/C23H23N5O/c1-23(2)12-11-18-19(14-23)22(29-15-17-10-6-7-13-24-17)27-28-20(25-26-21(18)28)16-8-4-3-5-9-16/h3-10,13H,11-12,14-15H2,1-2H3. The van der Waals surface area contributed by atoms with Crippen molar-refractivity contribution in [3.05, 3.63) is 71.5 Å². The van der Waals surface area contributed by atoms with Crippen molar-refractivity contribution in [3.8, 4) is 17.3 Å². The third-order valence-electron chi connectivity index (χ3n) is 5.55. The normalized spacial score (nSPS) is 15.2. The fraction of sp³-hybridized carbons (Fsp3) is 0.304. The molecule has 6 heteroatoms. The van der Waals surface area contributed by atoms with Crippen molar-refractivity contribution in [2.45, 2.75) is 39.7 Å². The van der Waals surface area contributed by atoms with Gasteiger partial charge in [0, 0.05) is 22.9 Å². The van der Waals surface area contributed by atoms with Gasteiger partial charge in [-0.25, -0.2) is 0 Å². The van der Waals surface area contributed by atoms with Crippen LogP contribution in [0.1, 0.15) is 37.1 Å². The summed E-state index contributed by atoms with van der Waals surface area (Å²) in [4.78, 5) is 4.37. The van der Waals surface area contributed by atoms with E-state index in [0.29, 0.717) is 12.5 Å². The lowest BCUT2D eigenvalue weighted by atomic mass is 9.75. The van der Waals surface area contributed by atoms with Crippen LogP contribution in [-0.2, 0) is 19.4 Å². The Bertz CT molecular complexity index is 1150. The van der Waals surface area contributed by atoms with Gasteiger partial charge in [0.25, 0.3) is 0 Å². The van der Waals surface area contributed by atoms with Crippen LogP contribution in [0.3, 0.4) is 0 Å². The van der Waals surface area contributed by atoms with Gasteiger partial charge in [-0.05, 0) is 36.8 Å². The van der Waals surface area contributed by atoms with Crippen LogP contribution in [0.2, 0.25) is 0 Å². The van der Waals surface area contributed by atoms with Gasteiger partial charge >= 0.3 is 0 Å². The SMILES string of the molecule is CC1(C)CCc2c(c(OCc3ccccn3)nn3c(-c4ccccc4)nnc23)C1. The summed E-state index contributed by atoms with van der Waals surface area (Å²) >= 11 is 0. The zero-order valence-corrected chi connectivity index (χ0v) is 16.7. The average molecular weight is 385 g/mol. The lowest BCUT2D eigenvalue weighted by molar-refractivity contribution is 0.262. The molecule has 0 aliphatic heterocycles. The van der Waals surface area contributed by atoms with Crippen LogP contribution in [0, 0.1) is 5.41 Å². The van der Waals surface area contributed by atoms with Gasteiger partial charge in [-0.15, -0.1) is 15.3 Å². The largest absolute Gasteiger partial charge is 0.470 e. The van der Waals surface area contributed by atoms with Crippen molar-refractivity contribution in [2.75, 3.05) is 0 Å². The minimum Gasteiger partial charge on any atom is -0.470 e. The Morgan fingerprint density at radius 2 is 1.83 bits per heavy atom. The molecule has 0 spiro atoms. The predicted molar refractivity (Wildman–Crippen MR) is 111 cm³/mol. The van der Waals surface area contributed by atoms with E-state index >= 15 is 0 Å². The molecule has 0 fully saturated rings. The number of aromatic nitrogens is 5. The fourth-order valence-electron chi connectivity index (χ4n) is 3.96. The first-order valence-electron chi connectivity index (χ1n) is 9.96. The van der Waals surface area contributed by atoms with Crippen molar-refractivity contribution in [3.63, 3.8) is 0 Å². The number of benzene rings is 1. The molecule has 1 aliphatic rings. The number of rotatable bonds is 4. The summed E-state index contributed by atoms with van der Waals surface area (Å²) in [5.41, 5.74) is 5.25. The molecule has 0 unspecified atom stereocenters. The highest BCUT2D eigenvalue weighted by Gasteiger charge is 2.31. The van der Waals surface area contributed by atoms with Crippen LogP contribution in [0.15, 0.2) is 54.7 Å². The molecule has 4 aromatic rings. The van der Waals surface area contributed by atoms with Gasteiger partial charge in [0.2, 0.25) is 5.88 Å². The first-order chi connectivity index (χ1) is 14.1. The number of hydrogen-bond donors (Lipinski definition) is 0. The molecule has 0 saturated heterocycles. The van der Waals surface area contributed by atoms with Crippen molar-refractivity contribution < 1.29 is 4.74 Å². The molecule has 0 bridgehead atoms. The van der Waals surface area contributed by atoms with E-state index in [1.165, 1.54) is 5.56 Å². The second-order valence-electron chi connectivity index (χ2n) is 8.34. The lowest BCUT2D eigenvalue weighted by Gasteiger charge is -2.31. The highest BCUT2D eigenvalue weighted by molar-refractivity contribution is 5.63. The van der Waals surface area contributed by atoms with E-state index in [1.54, 1.807) is 6.20 Å². The number of aryl methyl sites for hydroxylation is 1. The highest BCUT2D eigenvalue weighted by Crippen LogP contribution is 2.40. The Morgan fingerprint density at radius 1 is 1.00 bits per heavy atom. The van der Waals surface area contributed by atoms with E-state index in [1.807, 2.05) is 53.0 Å². The van der Waals surface area contributed by atoms with Crippen LogP contribution >= 0.6 is 0 Å². The summed E-state index contributed by atoms with van der Waals surface area (Å²) in [7, 11) is 0. The molecular formula is C23H23N5O. The molecule has 1 aromatic carbocycles. The quantitative estimate of drug-likeness (QED) is 0.525. The average Bonchev–Trinajstić information content (AvgIpc) is 3.16. The van der Waals surface area contributed by atoms with Crippen molar-refractivity contribution in [1.82, 2.24) is 24.8 Å². The summed E-state index contributed by atoms with van der Waals surface area (Å²) < 4.78 is 8.04. The number of fused-ring (bicyclic) bond motifs is 3. The van der Waals surface area contributed by atoms with Crippen molar-refractivity contribution in [1.29, 1.82) is 0 Å². The van der Waals surface area contributed by atoms with Gasteiger partial charge in [-0.2, -0.15) is 4.52 Å². The maximum atomic E-state index is 6.20. The molecule has 146 valence electrons. The van der Waals surface area contributed by atoms with E-state index in [2.05, 4.69) is 29.0 Å². The Balaban J connectivity index is 1.63. The summed E-state index contributed by atoms with van der Waals surface area (Å²) in [5.74, 6) is 1.39. The Labute approximate surface area is 169 Å². The Kier molecular flexibility index (Phi) is 4.27. The molecule has 0 N–H and O–H groups in total. The molecule has 0 radical (unpaired) electrons. The number of pyridine rings is 1. The Hall–Kier alpha value is -3.28. The van der Waals surface area contributed by atoms with Crippen molar-refractivity contribution >= 4 is 5.65 Å². The van der Waals surface area contributed by atoms with Crippen LogP contribution in [0.25, 0.3) is 17.0 Å². The van der Waals surface area contributed by atoms with Gasteiger partial charge < -0.3 is 4.74 Å². The maximum absolute atomic E-state index is 6.20. The van der Waals surface area contributed by atoms with E-state index in [-0.39, 0.29) is 5.41 Å². The third-order valence-corrected chi connectivity index (χ3v) is 5.55. The zero-order valence-electron chi connectivity index (χ0n) is 16.7. The van der Waals surface area contributed by atoms with Crippen LogP contribution in [0.5, 0.6) is 5.88 Å². The first-order valence-corrected chi connectivity index (χ1v) is 9.96. The second-order valence-corrected chi connectivity index (χ2v) is 8.34. The molecule has 29 heavy (non-hydrogen) atoms. The zero-order chi connectivity index (χ0) is 19.8. The highest BCUT2D eigenvalue weighted by atomic mass is 16.5. The van der Waals surface area contributed by atoms with Crippen LogP contribution in [-0.4, -0.2) is 24.8 Å². The fourth-order valence-corrected chi connectivity index (χ4v) is 3.96. The van der Waals surface area contributed by atoms with Crippen LogP contribution in [0.4, 0.5) is 0 Å².